The van der Waals surface area contributed by atoms with Crippen LogP contribution in [0, 0.1) is 0 Å². The monoisotopic (exact) mass is 262 g/mol. The third-order valence-electron chi connectivity index (χ3n) is 2.07. The van der Waals surface area contributed by atoms with Crippen molar-refractivity contribution in [1.29, 1.82) is 0 Å². The van der Waals surface area contributed by atoms with E-state index in [4.69, 9.17) is 11.5 Å². The molecule has 0 aliphatic heterocycles. The fourth-order valence-corrected chi connectivity index (χ4v) is 1.20. The van der Waals surface area contributed by atoms with Gasteiger partial charge in [-0.2, -0.15) is 0 Å². The van der Waals surface area contributed by atoms with Gasteiger partial charge in [0.1, 0.15) is 0 Å². The minimum Gasteiger partial charge on any atom is -0.330 e. The van der Waals surface area contributed by atoms with Crippen molar-refractivity contribution >= 4 is 0 Å². The van der Waals surface area contributed by atoms with Crippen molar-refractivity contribution < 1.29 is 0 Å². The van der Waals surface area contributed by atoms with Gasteiger partial charge in [0.05, 0.1) is 0 Å². The fourth-order valence-electron chi connectivity index (χ4n) is 1.20. The number of unbranched alkanes of at least 4 members (excludes halogenated alkanes) is 1. The summed E-state index contributed by atoms with van der Waals surface area (Å²) in [4.78, 5) is 0. The molecule has 0 fully saturated rings. The van der Waals surface area contributed by atoms with Crippen LogP contribution in [0.3, 0.4) is 0 Å². The molecule has 0 unspecified atom stereocenters. The molecule has 0 aromatic carbocycles. The van der Waals surface area contributed by atoms with Crippen LogP contribution < -0.4 is 22.1 Å². The average Bonchev–Trinajstić information content (AvgIpc) is 2.45. The molecule has 6 N–H and O–H groups in total. The Morgan fingerprint density at radius 3 is 1.11 bits per heavy atom. The third kappa shape index (κ3) is 29.7. The normalized spacial score (nSPS) is 9.00. The Hall–Kier alpha value is -0.160. The van der Waals surface area contributed by atoms with Crippen LogP contribution in [0.4, 0.5) is 0 Å². The smallest absolute Gasteiger partial charge is 0.00369 e. The van der Waals surface area contributed by atoms with Crippen LogP contribution in [-0.2, 0) is 0 Å². The van der Waals surface area contributed by atoms with Gasteiger partial charge in [-0.25, -0.2) is 0 Å². The number of nitrogens with two attached hydrogens (primary N) is 2. The molecule has 0 aliphatic carbocycles. The quantitative estimate of drug-likeness (QED) is 0.428. The molecule has 4 nitrogen and oxygen atoms in total. The first-order chi connectivity index (χ1) is 8.91. The second-order valence-corrected chi connectivity index (χ2v) is 3.49. The molecular weight excluding hydrogens is 224 g/mol. The highest BCUT2D eigenvalue weighted by Gasteiger charge is 1.89. The predicted octanol–water partition coefficient (Wildman–Crippen LogP) is 1.70. The SMILES string of the molecule is CC.CC.NCCCNCCCCNCCCN. The van der Waals surface area contributed by atoms with Crippen LogP contribution in [0.1, 0.15) is 53.4 Å². The van der Waals surface area contributed by atoms with Crippen LogP contribution in [0.5, 0.6) is 0 Å². The van der Waals surface area contributed by atoms with Crippen LogP contribution in [-0.4, -0.2) is 39.3 Å². The summed E-state index contributed by atoms with van der Waals surface area (Å²) in [6, 6.07) is 0. The van der Waals surface area contributed by atoms with E-state index >= 15 is 0 Å². The molecule has 0 spiro atoms. The van der Waals surface area contributed by atoms with Crippen LogP contribution >= 0.6 is 0 Å². The Labute approximate surface area is 115 Å². The van der Waals surface area contributed by atoms with Gasteiger partial charge in [0.2, 0.25) is 0 Å². The fraction of sp³-hybridized carbons (Fsp3) is 1.00. The van der Waals surface area contributed by atoms with Crippen molar-refractivity contribution in [3.63, 3.8) is 0 Å². The molecule has 18 heavy (non-hydrogen) atoms. The number of nitrogens with one attached hydrogen (secondary N) is 2. The number of hydrogen-bond donors (Lipinski definition) is 4. The molecule has 0 atom stereocenters. The van der Waals surface area contributed by atoms with Crippen molar-refractivity contribution in [3.05, 3.63) is 0 Å². The summed E-state index contributed by atoms with van der Waals surface area (Å²) >= 11 is 0. The zero-order valence-corrected chi connectivity index (χ0v) is 13.2. The van der Waals surface area contributed by atoms with E-state index in [9.17, 15) is 0 Å². The highest BCUT2D eigenvalue weighted by atomic mass is 14.9. The molecule has 0 amide bonds. The van der Waals surface area contributed by atoms with Gasteiger partial charge in [-0.15, -0.1) is 0 Å². The summed E-state index contributed by atoms with van der Waals surface area (Å²) in [6.07, 6.45) is 4.63. The summed E-state index contributed by atoms with van der Waals surface area (Å²) in [7, 11) is 0. The number of hydrogen-bond acceptors (Lipinski definition) is 4. The summed E-state index contributed by atoms with van der Waals surface area (Å²) in [5.74, 6) is 0. The molecular formula is C14H38N4. The lowest BCUT2D eigenvalue weighted by atomic mass is 10.3. The minimum absolute atomic E-state index is 0.785. The molecule has 0 radical (unpaired) electrons. The standard InChI is InChI=1S/C10H26N4.2C2H6/c11-5-3-9-13-7-1-2-8-14-10-4-6-12;2*1-2/h13-14H,1-12H2;2*1-2H3. The maximum Gasteiger partial charge on any atom is -0.00369 e. The molecule has 0 aromatic heterocycles. The van der Waals surface area contributed by atoms with Gasteiger partial charge in [-0.1, -0.05) is 27.7 Å². The molecule has 0 rings (SSSR count). The second kappa shape index (κ2) is 30.1. The van der Waals surface area contributed by atoms with E-state index in [1.165, 1.54) is 12.8 Å². The minimum atomic E-state index is 0.785. The summed E-state index contributed by atoms with van der Waals surface area (Å²) in [5.41, 5.74) is 10.8. The molecule has 0 saturated heterocycles. The summed E-state index contributed by atoms with van der Waals surface area (Å²) in [5, 5.41) is 6.72. The van der Waals surface area contributed by atoms with Gasteiger partial charge in [0.15, 0.2) is 0 Å². The van der Waals surface area contributed by atoms with E-state index < -0.39 is 0 Å². The first-order valence-electron chi connectivity index (χ1n) is 7.73. The predicted molar refractivity (Wildman–Crippen MR) is 85.0 cm³/mol. The molecule has 0 heterocycles. The maximum absolute atomic E-state index is 5.38. The van der Waals surface area contributed by atoms with Crippen molar-refractivity contribution in [1.82, 2.24) is 10.6 Å². The Morgan fingerprint density at radius 2 is 0.833 bits per heavy atom. The van der Waals surface area contributed by atoms with Crippen LogP contribution in [0.25, 0.3) is 0 Å². The van der Waals surface area contributed by atoms with Gasteiger partial charge < -0.3 is 22.1 Å². The molecule has 4 heteroatoms. The molecule has 0 saturated carbocycles. The molecule has 0 bridgehead atoms. The summed E-state index contributed by atoms with van der Waals surface area (Å²) in [6.45, 7) is 13.9. The molecule has 0 aromatic rings. The van der Waals surface area contributed by atoms with E-state index in [-0.39, 0.29) is 0 Å². The van der Waals surface area contributed by atoms with Crippen molar-refractivity contribution in [2.45, 2.75) is 53.4 Å². The maximum atomic E-state index is 5.38. The van der Waals surface area contributed by atoms with Crippen molar-refractivity contribution in [3.8, 4) is 0 Å². The van der Waals surface area contributed by atoms with E-state index in [0.717, 1.165) is 52.1 Å². The topological polar surface area (TPSA) is 76.1 Å². The highest BCUT2D eigenvalue weighted by molar-refractivity contribution is 4.52. The van der Waals surface area contributed by atoms with E-state index in [1.54, 1.807) is 0 Å². The lowest BCUT2D eigenvalue weighted by molar-refractivity contribution is 0.570. The Morgan fingerprint density at radius 1 is 0.556 bits per heavy atom. The largest absolute Gasteiger partial charge is 0.330 e. The van der Waals surface area contributed by atoms with E-state index in [2.05, 4.69) is 10.6 Å². The third-order valence-corrected chi connectivity index (χ3v) is 2.07. The first kappa shape index (κ1) is 23.0. The molecule has 114 valence electrons. The van der Waals surface area contributed by atoms with E-state index in [0.29, 0.717) is 0 Å². The Kier molecular flexibility index (Phi) is 38.5. The van der Waals surface area contributed by atoms with Gasteiger partial charge >= 0.3 is 0 Å². The van der Waals surface area contributed by atoms with Crippen LogP contribution in [0.2, 0.25) is 0 Å². The zero-order valence-electron chi connectivity index (χ0n) is 13.2. The lowest BCUT2D eigenvalue weighted by Crippen LogP contribution is -2.22. The zero-order chi connectivity index (χ0) is 14.5. The Balaban J connectivity index is -0.000000506. The van der Waals surface area contributed by atoms with Gasteiger partial charge in [-0.3, -0.25) is 0 Å². The van der Waals surface area contributed by atoms with E-state index in [1.807, 2.05) is 27.7 Å². The highest BCUT2D eigenvalue weighted by Crippen LogP contribution is 1.84. The average molecular weight is 262 g/mol. The van der Waals surface area contributed by atoms with Crippen LogP contribution in [0.15, 0.2) is 0 Å². The summed E-state index contributed by atoms with van der Waals surface area (Å²) < 4.78 is 0. The van der Waals surface area contributed by atoms with Gasteiger partial charge in [-0.05, 0) is 65.0 Å². The molecule has 0 aliphatic rings. The van der Waals surface area contributed by atoms with Crippen molar-refractivity contribution in [2.75, 3.05) is 39.3 Å². The Bertz CT molecular complexity index is 87.8. The van der Waals surface area contributed by atoms with Gasteiger partial charge in [0.25, 0.3) is 0 Å². The van der Waals surface area contributed by atoms with Gasteiger partial charge in [0, 0.05) is 0 Å². The lowest BCUT2D eigenvalue weighted by Gasteiger charge is -2.04. The first-order valence-corrected chi connectivity index (χ1v) is 7.73. The van der Waals surface area contributed by atoms with Crippen molar-refractivity contribution in [2.24, 2.45) is 11.5 Å². The number of rotatable bonds is 11. The second-order valence-electron chi connectivity index (χ2n) is 3.49.